The first-order valence-electron chi connectivity index (χ1n) is 10.6. The Bertz CT molecular complexity index is 1350. The molecule has 0 bridgehead atoms. The predicted molar refractivity (Wildman–Crippen MR) is 131 cm³/mol. The summed E-state index contributed by atoms with van der Waals surface area (Å²) in [5.74, 6) is 0. The average Bonchev–Trinajstić information content (AvgIpc) is 3.29. The molecule has 1 heterocycles. The molecule has 5 rings (SSSR count). The lowest BCUT2D eigenvalue weighted by molar-refractivity contribution is -0.385. The zero-order valence-electron chi connectivity index (χ0n) is 17.8. The standard InChI is InChI=1S/C28H21N3O2/c1-2-21-18-22-20-29-30(26(22)19-27(21)31(32)33)28(23-12-6-3-7-13-23,24-14-8-4-9-15-24)25-16-10-5-11-17-25/h2-20H,1H2. The molecule has 5 heteroatoms. The first-order chi connectivity index (χ1) is 16.2. The lowest BCUT2D eigenvalue weighted by atomic mass is 9.77. The van der Waals surface area contributed by atoms with Crippen LogP contribution in [0, 0.1) is 10.1 Å². The van der Waals surface area contributed by atoms with Gasteiger partial charge in [-0.05, 0) is 22.8 Å². The SMILES string of the molecule is C=Cc1cc2cnn(C(c3ccccc3)(c3ccccc3)c3ccccc3)c2cc1[N+](=O)[O-]. The third kappa shape index (κ3) is 3.22. The van der Waals surface area contributed by atoms with Crippen LogP contribution in [0.5, 0.6) is 0 Å². The van der Waals surface area contributed by atoms with E-state index in [9.17, 15) is 10.1 Å². The average molecular weight is 431 g/mol. The van der Waals surface area contributed by atoms with E-state index in [0.717, 1.165) is 22.1 Å². The molecule has 160 valence electrons. The van der Waals surface area contributed by atoms with Gasteiger partial charge in [0, 0.05) is 11.5 Å². The van der Waals surface area contributed by atoms with Gasteiger partial charge >= 0.3 is 0 Å². The van der Waals surface area contributed by atoms with Crippen LogP contribution < -0.4 is 0 Å². The van der Waals surface area contributed by atoms with Gasteiger partial charge in [-0.2, -0.15) is 5.10 Å². The molecule has 0 amide bonds. The summed E-state index contributed by atoms with van der Waals surface area (Å²) in [7, 11) is 0. The van der Waals surface area contributed by atoms with Gasteiger partial charge in [0.25, 0.3) is 5.69 Å². The van der Waals surface area contributed by atoms with Crippen molar-refractivity contribution in [3.05, 3.63) is 148 Å². The minimum atomic E-state index is -0.838. The fourth-order valence-corrected chi connectivity index (χ4v) is 4.57. The molecule has 0 aliphatic rings. The number of hydrogen-bond acceptors (Lipinski definition) is 3. The molecule has 0 fully saturated rings. The van der Waals surface area contributed by atoms with Crippen LogP contribution in [0.3, 0.4) is 0 Å². The number of fused-ring (bicyclic) bond motifs is 1. The van der Waals surface area contributed by atoms with Crippen molar-refractivity contribution >= 4 is 22.7 Å². The van der Waals surface area contributed by atoms with Crippen LogP contribution in [0.1, 0.15) is 22.3 Å². The predicted octanol–water partition coefficient (Wildman–Crippen LogP) is 6.43. The van der Waals surface area contributed by atoms with Gasteiger partial charge < -0.3 is 0 Å². The molecular formula is C28H21N3O2. The van der Waals surface area contributed by atoms with Crippen molar-refractivity contribution < 1.29 is 4.92 Å². The van der Waals surface area contributed by atoms with Gasteiger partial charge in [-0.25, -0.2) is 4.68 Å². The lowest BCUT2D eigenvalue weighted by Crippen LogP contribution is -2.38. The van der Waals surface area contributed by atoms with E-state index in [2.05, 4.69) is 43.0 Å². The summed E-state index contributed by atoms with van der Waals surface area (Å²) in [6, 6.07) is 33.7. The number of rotatable bonds is 6. The van der Waals surface area contributed by atoms with Crippen LogP contribution in [0.2, 0.25) is 0 Å². The van der Waals surface area contributed by atoms with E-state index in [-0.39, 0.29) is 10.6 Å². The van der Waals surface area contributed by atoms with E-state index >= 15 is 0 Å². The molecule has 0 atom stereocenters. The summed E-state index contributed by atoms with van der Waals surface area (Å²) in [5.41, 5.74) is 3.31. The summed E-state index contributed by atoms with van der Waals surface area (Å²) in [4.78, 5) is 11.5. The maximum atomic E-state index is 11.8. The van der Waals surface area contributed by atoms with Gasteiger partial charge in [-0.3, -0.25) is 10.1 Å². The number of nitro groups is 1. The minimum Gasteiger partial charge on any atom is -0.258 e. The fourth-order valence-electron chi connectivity index (χ4n) is 4.57. The number of hydrogen-bond donors (Lipinski definition) is 0. The summed E-state index contributed by atoms with van der Waals surface area (Å²) >= 11 is 0. The number of benzene rings is 4. The number of nitrogens with zero attached hydrogens (tertiary/aromatic N) is 3. The van der Waals surface area contributed by atoms with E-state index in [1.807, 2.05) is 59.3 Å². The molecule has 4 aromatic carbocycles. The van der Waals surface area contributed by atoms with Crippen molar-refractivity contribution in [2.24, 2.45) is 0 Å². The van der Waals surface area contributed by atoms with Gasteiger partial charge in [0.15, 0.2) is 0 Å². The Morgan fingerprint density at radius 2 is 1.30 bits per heavy atom. The fraction of sp³-hybridized carbons (Fsp3) is 0.0357. The Kier molecular flexibility index (Phi) is 5.07. The highest BCUT2D eigenvalue weighted by Crippen LogP contribution is 2.42. The second-order valence-corrected chi connectivity index (χ2v) is 7.80. The maximum absolute atomic E-state index is 11.8. The quantitative estimate of drug-likeness (QED) is 0.177. The molecule has 0 saturated heterocycles. The Hall–Kier alpha value is -4.51. The Balaban J connectivity index is 1.96. The van der Waals surface area contributed by atoms with E-state index < -0.39 is 5.54 Å². The zero-order valence-corrected chi connectivity index (χ0v) is 17.8. The largest absolute Gasteiger partial charge is 0.278 e. The highest BCUT2D eigenvalue weighted by Gasteiger charge is 2.40. The van der Waals surface area contributed by atoms with Gasteiger partial charge in [0.05, 0.1) is 22.2 Å². The smallest absolute Gasteiger partial charge is 0.258 e. The normalized spacial score (nSPS) is 11.4. The van der Waals surface area contributed by atoms with Crippen LogP contribution in [-0.2, 0) is 5.54 Å². The first-order valence-corrected chi connectivity index (χ1v) is 10.6. The molecule has 0 unspecified atom stereocenters. The molecule has 0 aliphatic carbocycles. The monoisotopic (exact) mass is 431 g/mol. The van der Waals surface area contributed by atoms with Crippen LogP contribution in [0.25, 0.3) is 17.0 Å². The van der Waals surface area contributed by atoms with Crippen molar-refractivity contribution in [2.45, 2.75) is 5.54 Å². The van der Waals surface area contributed by atoms with Crippen LogP contribution >= 0.6 is 0 Å². The van der Waals surface area contributed by atoms with Crippen molar-refractivity contribution in [3.8, 4) is 0 Å². The molecule has 0 saturated carbocycles. The summed E-state index contributed by atoms with van der Waals surface area (Å²) in [5, 5.41) is 17.5. The van der Waals surface area contributed by atoms with Crippen molar-refractivity contribution in [1.82, 2.24) is 9.78 Å². The summed E-state index contributed by atoms with van der Waals surface area (Å²) in [6.07, 6.45) is 3.27. The Morgan fingerprint density at radius 1 is 0.818 bits per heavy atom. The molecule has 0 N–H and O–H groups in total. The number of aromatic nitrogens is 2. The second-order valence-electron chi connectivity index (χ2n) is 7.80. The molecule has 0 aliphatic heterocycles. The molecular weight excluding hydrogens is 410 g/mol. The van der Waals surface area contributed by atoms with Crippen molar-refractivity contribution in [1.29, 1.82) is 0 Å². The highest BCUT2D eigenvalue weighted by atomic mass is 16.6. The van der Waals surface area contributed by atoms with E-state index in [1.54, 1.807) is 18.3 Å². The third-order valence-corrected chi connectivity index (χ3v) is 6.03. The van der Waals surface area contributed by atoms with E-state index in [1.165, 1.54) is 6.08 Å². The van der Waals surface area contributed by atoms with Gasteiger partial charge in [-0.15, -0.1) is 0 Å². The van der Waals surface area contributed by atoms with E-state index in [4.69, 9.17) is 5.10 Å². The zero-order chi connectivity index (χ0) is 22.8. The molecule has 1 aromatic heterocycles. The topological polar surface area (TPSA) is 61.0 Å². The van der Waals surface area contributed by atoms with Crippen LogP contribution in [0.4, 0.5) is 5.69 Å². The maximum Gasteiger partial charge on any atom is 0.278 e. The van der Waals surface area contributed by atoms with Crippen LogP contribution in [0.15, 0.2) is 116 Å². The first kappa shape index (κ1) is 20.4. The van der Waals surface area contributed by atoms with Gasteiger partial charge in [-0.1, -0.05) is 104 Å². The summed E-state index contributed by atoms with van der Waals surface area (Å²) < 4.78 is 1.90. The second kappa shape index (κ2) is 8.20. The van der Waals surface area contributed by atoms with Gasteiger partial charge in [0.2, 0.25) is 0 Å². The summed E-state index contributed by atoms with van der Waals surface area (Å²) in [6.45, 7) is 3.75. The van der Waals surface area contributed by atoms with Crippen molar-refractivity contribution in [3.63, 3.8) is 0 Å². The molecule has 5 aromatic rings. The third-order valence-electron chi connectivity index (χ3n) is 6.03. The lowest BCUT2D eigenvalue weighted by Gasteiger charge is -2.37. The molecule has 33 heavy (non-hydrogen) atoms. The molecule has 0 radical (unpaired) electrons. The molecule has 5 nitrogen and oxygen atoms in total. The van der Waals surface area contributed by atoms with Gasteiger partial charge in [0.1, 0.15) is 5.54 Å². The Labute approximate surface area is 191 Å². The van der Waals surface area contributed by atoms with Crippen molar-refractivity contribution in [2.75, 3.05) is 0 Å². The van der Waals surface area contributed by atoms with E-state index in [0.29, 0.717) is 11.1 Å². The number of nitro benzene ring substituents is 1. The molecule has 0 spiro atoms. The van der Waals surface area contributed by atoms with Crippen LogP contribution in [-0.4, -0.2) is 14.7 Å². The highest BCUT2D eigenvalue weighted by molar-refractivity contribution is 5.86. The Morgan fingerprint density at radius 3 is 1.73 bits per heavy atom. The minimum absolute atomic E-state index is 0.00216.